The second-order valence-corrected chi connectivity index (χ2v) is 8.00. The second-order valence-electron chi connectivity index (χ2n) is 8.00. The number of hydrogen-bond donors (Lipinski definition) is 1. The van der Waals surface area contributed by atoms with E-state index in [-0.39, 0.29) is 0 Å². The molecule has 0 radical (unpaired) electrons. The summed E-state index contributed by atoms with van der Waals surface area (Å²) in [6.45, 7) is 15.3. The first kappa shape index (κ1) is 18.9. The van der Waals surface area contributed by atoms with Crippen LogP contribution in [0.2, 0.25) is 0 Å². The molecule has 1 aliphatic heterocycles. The number of nitrogens with two attached hydrogens (primary N) is 1. The Labute approximate surface area is 133 Å². The highest BCUT2D eigenvalue weighted by atomic mass is 15.2. The molecule has 0 aromatic rings. The van der Waals surface area contributed by atoms with Crippen LogP contribution in [0.15, 0.2) is 0 Å². The average molecular weight is 298 g/mol. The van der Waals surface area contributed by atoms with Crippen LogP contribution in [0.3, 0.4) is 0 Å². The number of rotatable bonds is 7. The molecule has 3 heteroatoms. The summed E-state index contributed by atoms with van der Waals surface area (Å²) in [6.07, 6.45) is 6.41. The summed E-state index contributed by atoms with van der Waals surface area (Å²) in [5.74, 6) is 0.761. The van der Waals surface area contributed by atoms with E-state index in [9.17, 15) is 0 Å². The summed E-state index contributed by atoms with van der Waals surface area (Å²) in [4.78, 5) is 5.24. The lowest BCUT2D eigenvalue weighted by atomic mass is 9.76. The fourth-order valence-electron chi connectivity index (χ4n) is 3.73. The predicted octanol–water partition coefficient (Wildman–Crippen LogP) is 3.19. The van der Waals surface area contributed by atoms with Gasteiger partial charge in [-0.1, -0.05) is 27.7 Å². The van der Waals surface area contributed by atoms with Crippen molar-refractivity contribution in [2.45, 2.75) is 65.8 Å². The lowest BCUT2D eigenvalue weighted by Gasteiger charge is -2.33. The summed E-state index contributed by atoms with van der Waals surface area (Å²) < 4.78 is 0. The fraction of sp³-hybridized carbons (Fsp3) is 1.00. The van der Waals surface area contributed by atoms with Gasteiger partial charge in [0.05, 0.1) is 0 Å². The molecule has 1 saturated heterocycles. The maximum Gasteiger partial charge on any atom is 0.0220 e. The molecular weight excluding hydrogens is 258 g/mol. The first-order valence-electron chi connectivity index (χ1n) is 9.01. The first-order valence-corrected chi connectivity index (χ1v) is 9.01. The Bertz CT molecular complexity index is 272. The van der Waals surface area contributed by atoms with Crippen molar-refractivity contribution in [1.29, 1.82) is 0 Å². The molecule has 1 fully saturated rings. The minimum atomic E-state index is 0.391. The standard InChI is InChI=1S/C18H39N3/c1-6-17-15-20(5)12-8-14-21(17)13-7-9-16(10-11-19)18(2,3)4/h16-17H,6-15,19H2,1-5H3. The largest absolute Gasteiger partial charge is 0.330 e. The van der Waals surface area contributed by atoms with Crippen LogP contribution in [0.1, 0.15) is 59.8 Å². The van der Waals surface area contributed by atoms with E-state index in [4.69, 9.17) is 5.73 Å². The van der Waals surface area contributed by atoms with Crippen LogP contribution in [0.5, 0.6) is 0 Å². The van der Waals surface area contributed by atoms with Crippen LogP contribution in [-0.2, 0) is 0 Å². The predicted molar refractivity (Wildman–Crippen MR) is 93.6 cm³/mol. The van der Waals surface area contributed by atoms with Gasteiger partial charge in [0, 0.05) is 12.6 Å². The highest BCUT2D eigenvalue weighted by Gasteiger charge is 2.25. The molecule has 2 atom stereocenters. The minimum Gasteiger partial charge on any atom is -0.330 e. The minimum absolute atomic E-state index is 0.391. The normalized spacial score (nSPS) is 24.0. The third-order valence-electron chi connectivity index (χ3n) is 5.23. The van der Waals surface area contributed by atoms with Crippen LogP contribution in [-0.4, -0.2) is 55.6 Å². The molecule has 1 rings (SSSR count). The van der Waals surface area contributed by atoms with Crippen molar-refractivity contribution < 1.29 is 0 Å². The van der Waals surface area contributed by atoms with Crippen LogP contribution >= 0.6 is 0 Å². The van der Waals surface area contributed by atoms with Crippen LogP contribution in [0.25, 0.3) is 0 Å². The molecule has 0 aliphatic carbocycles. The van der Waals surface area contributed by atoms with Gasteiger partial charge < -0.3 is 10.6 Å². The van der Waals surface area contributed by atoms with Crippen molar-refractivity contribution in [3.05, 3.63) is 0 Å². The van der Waals surface area contributed by atoms with Gasteiger partial charge in [0.2, 0.25) is 0 Å². The molecule has 0 amide bonds. The molecule has 0 aromatic heterocycles. The Morgan fingerprint density at radius 2 is 1.90 bits per heavy atom. The Hall–Kier alpha value is -0.120. The van der Waals surface area contributed by atoms with Gasteiger partial charge in [-0.05, 0) is 76.7 Å². The molecule has 2 N–H and O–H groups in total. The van der Waals surface area contributed by atoms with E-state index in [1.807, 2.05) is 0 Å². The van der Waals surface area contributed by atoms with Gasteiger partial charge >= 0.3 is 0 Å². The molecule has 0 saturated carbocycles. The van der Waals surface area contributed by atoms with Gasteiger partial charge in [-0.2, -0.15) is 0 Å². The summed E-state index contributed by atoms with van der Waals surface area (Å²) in [5, 5.41) is 0. The molecule has 126 valence electrons. The van der Waals surface area contributed by atoms with Crippen molar-refractivity contribution >= 4 is 0 Å². The van der Waals surface area contributed by atoms with Crippen molar-refractivity contribution in [2.75, 3.05) is 39.8 Å². The van der Waals surface area contributed by atoms with Gasteiger partial charge in [0.25, 0.3) is 0 Å². The van der Waals surface area contributed by atoms with E-state index in [2.05, 4.69) is 44.5 Å². The molecule has 21 heavy (non-hydrogen) atoms. The van der Waals surface area contributed by atoms with Crippen molar-refractivity contribution in [3.8, 4) is 0 Å². The lowest BCUT2D eigenvalue weighted by Crippen LogP contribution is -2.40. The zero-order valence-corrected chi connectivity index (χ0v) is 15.2. The molecule has 0 spiro atoms. The van der Waals surface area contributed by atoms with Crippen molar-refractivity contribution in [3.63, 3.8) is 0 Å². The van der Waals surface area contributed by atoms with Gasteiger partial charge in [0.1, 0.15) is 0 Å². The Morgan fingerprint density at radius 1 is 1.19 bits per heavy atom. The van der Waals surface area contributed by atoms with Crippen molar-refractivity contribution in [1.82, 2.24) is 9.80 Å². The maximum absolute atomic E-state index is 5.80. The lowest BCUT2D eigenvalue weighted by molar-refractivity contribution is 0.160. The number of hydrogen-bond acceptors (Lipinski definition) is 3. The molecule has 2 unspecified atom stereocenters. The van der Waals surface area contributed by atoms with E-state index < -0.39 is 0 Å². The van der Waals surface area contributed by atoms with Crippen molar-refractivity contribution in [2.24, 2.45) is 17.1 Å². The van der Waals surface area contributed by atoms with Gasteiger partial charge in [0.15, 0.2) is 0 Å². The highest BCUT2D eigenvalue weighted by Crippen LogP contribution is 2.32. The SMILES string of the molecule is CCC1CN(C)CCCN1CCCC(CCN)C(C)(C)C. The molecule has 1 heterocycles. The third-order valence-corrected chi connectivity index (χ3v) is 5.23. The van der Waals surface area contributed by atoms with Gasteiger partial charge in [-0.15, -0.1) is 0 Å². The molecule has 1 aliphatic rings. The Morgan fingerprint density at radius 3 is 2.48 bits per heavy atom. The van der Waals surface area contributed by atoms with E-state index >= 15 is 0 Å². The van der Waals surface area contributed by atoms with Crippen LogP contribution in [0.4, 0.5) is 0 Å². The zero-order chi connectivity index (χ0) is 15.9. The van der Waals surface area contributed by atoms with E-state index in [1.54, 1.807) is 0 Å². The van der Waals surface area contributed by atoms with Crippen LogP contribution < -0.4 is 5.73 Å². The summed E-state index contributed by atoms with van der Waals surface area (Å²) in [7, 11) is 2.27. The van der Waals surface area contributed by atoms with E-state index in [1.165, 1.54) is 58.3 Å². The van der Waals surface area contributed by atoms with E-state index in [0.29, 0.717) is 5.41 Å². The second kappa shape index (κ2) is 9.12. The molecule has 0 bridgehead atoms. The summed E-state index contributed by atoms with van der Waals surface area (Å²) in [6, 6.07) is 0.750. The Balaban J connectivity index is 2.44. The molecule has 0 aromatic carbocycles. The number of nitrogens with zero attached hydrogens (tertiary/aromatic N) is 2. The smallest absolute Gasteiger partial charge is 0.0220 e. The Kier molecular flexibility index (Phi) is 8.22. The summed E-state index contributed by atoms with van der Waals surface area (Å²) >= 11 is 0. The summed E-state index contributed by atoms with van der Waals surface area (Å²) in [5.41, 5.74) is 6.20. The first-order chi connectivity index (χ1) is 9.88. The monoisotopic (exact) mass is 297 g/mol. The zero-order valence-electron chi connectivity index (χ0n) is 15.2. The number of likely N-dealkylation sites (N-methyl/N-ethyl adjacent to an activating group) is 1. The molecular formula is C18H39N3. The topological polar surface area (TPSA) is 32.5 Å². The average Bonchev–Trinajstić information content (AvgIpc) is 2.58. The highest BCUT2D eigenvalue weighted by molar-refractivity contribution is 4.79. The van der Waals surface area contributed by atoms with Gasteiger partial charge in [-0.25, -0.2) is 0 Å². The third kappa shape index (κ3) is 6.66. The van der Waals surface area contributed by atoms with Gasteiger partial charge in [-0.3, -0.25) is 4.90 Å². The molecule has 3 nitrogen and oxygen atoms in total. The quantitative estimate of drug-likeness (QED) is 0.783. The van der Waals surface area contributed by atoms with E-state index in [0.717, 1.165) is 18.5 Å². The maximum atomic E-state index is 5.80. The fourth-order valence-corrected chi connectivity index (χ4v) is 3.73. The van der Waals surface area contributed by atoms with Crippen LogP contribution in [0, 0.1) is 11.3 Å².